The molecule has 7 heterocycles. The number of rotatable bonds is 4. The van der Waals surface area contributed by atoms with E-state index >= 15 is 0 Å². The first-order valence-electron chi connectivity index (χ1n) is 26.6. The van der Waals surface area contributed by atoms with Crippen LogP contribution >= 0.6 is 0 Å². The number of pyridine rings is 2. The number of aromatic nitrogens is 6. The van der Waals surface area contributed by atoms with Gasteiger partial charge in [-0.2, -0.15) is 0 Å². The van der Waals surface area contributed by atoms with Gasteiger partial charge in [-0.05, 0) is 132 Å². The van der Waals surface area contributed by atoms with Crippen molar-refractivity contribution in [1.29, 1.82) is 0 Å². The Labute approximate surface area is 446 Å². The Bertz CT molecular complexity index is 4850. The van der Waals surface area contributed by atoms with Gasteiger partial charge in [0, 0.05) is 89.4 Å². The molecule has 0 amide bonds. The molecule has 0 fully saturated rings. The summed E-state index contributed by atoms with van der Waals surface area (Å²) >= 11 is 0. The summed E-state index contributed by atoms with van der Waals surface area (Å²) in [5.74, 6) is 1.60. The van der Waals surface area contributed by atoms with Crippen LogP contribution in [-0.2, 0) is 5.41 Å². The van der Waals surface area contributed by atoms with Crippen LogP contribution in [0.25, 0.3) is 121 Å². The summed E-state index contributed by atoms with van der Waals surface area (Å²) < 4.78 is 16.8. The SMILES string of the molecule is c1cnc2c(c1)C1(c3cc(-n4c5ccccc5c5cc(-n6c7ccccc7c7ccccc76)ccc54)ccc3Oc3ccc(-n4c5ccccc5c5cc(-n6c7ccccc7c7ccccc76)ccc54)cc31)c1cccnc1-2. The number of nitrogens with zero attached hydrogens (tertiary/aromatic N) is 6. The average molecular weight is 995 g/mol. The van der Waals surface area contributed by atoms with Gasteiger partial charge in [-0.15, -0.1) is 0 Å². The van der Waals surface area contributed by atoms with Crippen LogP contribution in [0.2, 0.25) is 0 Å². The van der Waals surface area contributed by atoms with E-state index in [-0.39, 0.29) is 0 Å². The summed E-state index contributed by atoms with van der Waals surface area (Å²) in [7, 11) is 0. The lowest BCUT2D eigenvalue weighted by Gasteiger charge is -2.39. The third-order valence-corrected chi connectivity index (χ3v) is 17.1. The minimum atomic E-state index is -0.840. The van der Waals surface area contributed by atoms with Gasteiger partial charge in [-0.25, -0.2) is 0 Å². The minimum absolute atomic E-state index is 0.800. The number of hydrogen-bond acceptors (Lipinski definition) is 3. The molecule has 0 N–H and O–H groups in total. The van der Waals surface area contributed by atoms with E-state index in [2.05, 4.69) is 261 Å². The lowest BCUT2D eigenvalue weighted by atomic mass is 9.66. The Morgan fingerprint density at radius 2 is 0.551 bits per heavy atom. The molecule has 362 valence electrons. The maximum absolute atomic E-state index is 7.18. The third-order valence-electron chi connectivity index (χ3n) is 17.1. The molecule has 7 nitrogen and oxygen atoms in total. The van der Waals surface area contributed by atoms with Crippen molar-refractivity contribution >= 4 is 87.2 Å². The second-order valence-corrected chi connectivity index (χ2v) is 20.9. The molecule has 1 aliphatic heterocycles. The van der Waals surface area contributed by atoms with E-state index < -0.39 is 5.41 Å². The van der Waals surface area contributed by atoms with Crippen LogP contribution in [0.1, 0.15) is 22.3 Å². The smallest absolute Gasteiger partial charge is 0.132 e. The Morgan fingerprint density at radius 3 is 0.910 bits per heavy atom. The van der Waals surface area contributed by atoms with E-state index in [0.29, 0.717) is 0 Å². The van der Waals surface area contributed by atoms with Crippen LogP contribution < -0.4 is 4.74 Å². The minimum Gasteiger partial charge on any atom is -0.457 e. The van der Waals surface area contributed by atoms with E-state index in [1.807, 2.05) is 12.4 Å². The molecule has 0 radical (unpaired) electrons. The standard InChI is InChI=1S/C71H42N6O/c1-7-23-59-47(15-1)48-16-2-8-24-60(48)74(59)43-29-33-65-53(39-43)51-19-5-11-27-63(51)76(65)45-31-35-67-57(41-45)71(55-21-13-37-72-69(55)70-56(71)22-14-38-73-70)58-42-46(32-36-68(58)78-67)77-64-28-12-6-20-52(64)54-40-44(30-34-66(54)77)75-61-25-9-3-17-49(61)50-18-4-10-26-62(50)75/h1-42H. The lowest BCUT2D eigenvalue weighted by Crippen LogP contribution is -2.32. The van der Waals surface area contributed by atoms with Crippen molar-refractivity contribution in [3.05, 3.63) is 277 Å². The van der Waals surface area contributed by atoms with Crippen molar-refractivity contribution in [2.75, 3.05) is 0 Å². The predicted octanol–water partition coefficient (Wildman–Crippen LogP) is 17.3. The summed E-state index contributed by atoms with van der Waals surface area (Å²) in [6.07, 6.45) is 3.78. The summed E-state index contributed by atoms with van der Waals surface area (Å²) in [6.45, 7) is 0. The Morgan fingerprint density at radius 1 is 0.256 bits per heavy atom. The highest BCUT2D eigenvalue weighted by atomic mass is 16.5. The van der Waals surface area contributed by atoms with Gasteiger partial charge in [0.2, 0.25) is 0 Å². The maximum atomic E-state index is 7.18. The van der Waals surface area contributed by atoms with Crippen molar-refractivity contribution in [2.45, 2.75) is 5.41 Å². The van der Waals surface area contributed by atoms with E-state index in [1.54, 1.807) is 0 Å². The predicted molar refractivity (Wildman–Crippen MR) is 317 cm³/mol. The molecule has 10 aromatic carbocycles. The molecule has 0 saturated carbocycles. The Balaban J connectivity index is 0.858. The van der Waals surface area contributed by atoms with Crippen LogP contribution in [0.3, 0.4) is 0 Å². The van der Waals surface area contributed by atoms with Crippen LogP contribution in [0, 0.1) is 0 Å². The lowest BCUT2D eigenvalue weighted by molar-refractivity contribution is 0.436. The normalized spacial score (nSPS) is 13.3. The molecule has 6 aromatic heterocycles. The molecule has 18 rings (SSSR count). The number of ether oxygens (including phenoxy) is 1. The largest absolute Gasteiger partial charge is 0.457 e. The average Bonchev–Trinajstić information content (AvgIpc) is 4.46. The molecule has 16 aromatic rings. The highest BCUT2D eigenvalue weighted by Gasteiger charge is 2.53. The second-order valence-electron chi connectivity index (χ2n) is 20.9. The summed E-state index contributed by atoms with van der Waals surface area (Å²) in [5.41, 5.74) is 18.7. The fourth-order valence-electron chi connectivity index (χ4n) is 14.0. The molecule has 0 saturated heterocycles. The third kappa shape index (κ3) is 5.36. The number of benzene rings is 10. The van der Waals surface area contributed by atoms with Gasteiger partial charge in [0.25, 0.3) is 0 Å². The Kier molecular flexibility index (Phi) is 8.21. The Hall–Kier alpha value is -10.5. The van der Waals surface area contributed by atoms with E-state index in [9.17, 15) is 0 Å². The summed E-state index contributed by atoms with van der Waals surface area (Å²) in [6, 6.07) is 88.5. The van der Waals surface area contributed by atoms with Gasteiger partial charge >= 0.3 is 0 Å². The first kappa shape index (κ1) is 41.8. The molecule has 7 heteroatoms. The molecule has 0 unspecified atom stereocenters. The highest BCUT2D eigenvalue weighted by Crippen LogP contribution is 2.62. The van der Waals surface area contributed by atoms with Crippen molar-refractivity contribution in [2.24, 2.45) is 0 Å². The quantitative estimate of drug-likeness (QED) is 0.177. The van der Waals surface area contributed by atoms with Crippen molar-refractivity contribution in [3.8, 4) is 45.6 Å². The van der Waals surface area contributed by atoms with E-state index in [1.165, 1.54) is 65.2 Å². The monoisotopic (exact) mass is 994 g/mol. The van der Waals surface area contributed by atoms with Crippen LogP contribution in [0.5, 0.6) is 11.5 Å². The van der Waals surface area contributed by atoms with Gasteiger partial charge in [-0.1, -0.05) is 121 Å². The van der Waals surface area contributed by atoms with Gasteiger partial charge in [0.1, 0.15) is 11.5 Å². The van der Waals surface area contributed by atoms with E-state index in [4.69, 9.17) is 14.7 Å². The molecule has 1 aliphatic carbocycles. The van der Waals surface area contributed by atoms with Crippen LogP contribution in [0.15, 0.2) is 255 Å². The van der Waals surface area contributed by atoms with Gasteiger partial charge < -0.3 is 23.0 Å². The van der Waals surface area contributed by atoms with Gasteiger partial charge in [0.15, 0.2) is 0 Å². The zero-order valence-corrected chi connectivity index (χ0v) is 41.8. The summed E-state index contributed by atoms with van der Waals surface area (Å²) in [4.78, 5) is 10.2. The molecule has 1 spiro atoms. The topological polar surface area (TPSA) is 54.7 Å². The molecule has 2 aliphatic rings. The number of fused-ring (bicyclic) bond motifs is 21. The van der Waals surface area contributed by atoms with E-state index in [0.717, 1.165) is 90.0 Å². The fourth-order valence-corrected chi connectivity index (χ4v) is 14.0. The highest BCUT2D eigenvalue weighted by molar-refractivity contribution is 6.14. The summed E-state index contributed by atoms with van der Waals surface area (Å²) in [5, 5.41) is 9.72. The first-order chi connectivity index (χ1) is 38.7. The zero-order chi connectivity index (χ0) is 50.8. The zero-order valence-electron chi connectivity index (χ0n) is 41.8. The van der Waals surface area contributed by atoms with Crippen LogP contribution in [0.4, 0.5) is 0 Å². The van der Waals surface area contributed by atoms with Crippen molar-refractivity contribution in [1.82, 2.24) is 28.2 Å². The molecule has 78 heavy (non-hydrogen) atoms. The molecular weight excluding hydrogens is 953 g/mol. The molecule has 0 atom stereocenters. The second kappa shape index (κ2) is 15.3. The van der Waals surface area contributed by atoms with Gasteiger partial charge in [-0.3, -0.25) is 9.97 Å². The van der Waals surface area contributed by atoms with Crippen molar-refractivity contribution < 1.29 is 4.74 Å². The number of hydrogen-bond donors (Lipinski definition) is 0. The fraction of sp³-hybridized carbons (Fsp3) is 0.0141. The molecular formula is C71H42N6O. The number of para-hydroxylation sites is 6. The maximum Gasteiger partial charge on any atom is 0.132 e. The van der Waals surface area contributed by atoms with Crippen molar-refractivity contribution in [3.63, 3.8) is 0 Å². The first-order valence-corrected chi connectivity index (χ1v) is 26.6. The van der Waals surface area contributed by atoms with Gasteiger partial charge in [0.05, 0.1) is 60.9 Å². The van der Waals surface area contributed by atoms with Crippen LogP contribution in [-0.4, -0.2) is 28.2 Å². The molecule has 0 bridgehead atoms.